The molecule has 0 radical (unpaired) electrons. The maximum absolute atomic E-state index is 12.8. The molecular weight excluding hydrogens is 412 g/mol. The van der Waals surface area contributed by atoms with Gasteiger partial charge in [-0.15, -0.1) is 0 Å². The summed E-state index contributed by atoms with van der Waals surface area (Å²) in [4.78, 5) is 3.71. The summed E-state index contributed by atoms with van der Waals surface area (Å²) in [6.07, 6.45) is 3.73. The second-order valence-electron chi connectivity index (χ2n) is 6.14. The molecule has 3 aromatic rings. The van der Waals surface area contributed by atoms with Crippen LogP contribution in [0.2, 0.25) is 0 Å². The van der Waals surface area contributed by atoms with E-state index in [1.54, 1.807) is 36.7 Å². The zero-order valence-electron chi connectivity index (χ0n) is 15.6. The normalized spacial score (nSPS) is 11.9. The first kappa shape index (κ1) is 21.0. The van der Waals surface area contributed by atoms with Crippen molar-refractivity contribution in [1.29, 1.82) is 0 Å². The number of rotatable bonds is 8. The summed E-state index contributed by atoms with van der Waals surface area (Å²) in [5.41, 5.74) is 0.877. The number of pyridine rings is 1. The van der Waals surface area contributed by atoms with Gasteiger partial charge in [0.2, 0.25) is 19.9 Å². The standard InChI is InChI=1S/C20H20N2O5S2/c1-27-19-10-9-18(28(23,24)17-7-3-2-4-8-17)14-20(19)29(25,26)22-13-11-16-6-5-12-21-15-16/h2-10,12,14-15,22H,11,13H2,1H3. The van der Waals surface area contributed by atoms with E-state index in [0.717, 1.165) is 11.6 Å². The molecule has 0 unspecified atom stereocenters. The van der Waals surface area contributed by atoms with E-state index < -0.39 is 19.9 Å². The molecule has 2 aromatic carbocycles. The highest BCUT2D eigenvalue weighted by Crippen LogP contribution is 2.29. The molecule has 1 heterocycles. The Kier molecular flexibility index (Phi) is 6.31. The van der Waals surface area contributed by atoms with Crippen molar-refractivity contribution in [1.82, 2.24) is 9.71 Å². The fourth-order valence-corrected chi connectivity index (χ4v) is 5.33. The van der Waals surface area contributed by atoms with E-state index in [-0.39, 0.29) is 27.0 Å². The van der Waals surface area contributed by atoms with Crippen LogP contribution in [0.25, 0.3) is 0 Å². The summed E-state index contributed by atoms with van der Waals surface area (Å²) < 4.78 is 59.0. The van der Waals surface area contributed by atoms with Gasteiger partial charge in [-0.2, -0.15) is 0 Å². The molecule has 0 spiro atoms. The van der Waals surface area contributed by atoms with Crippen LogP contribution in [0.5, 0.6) is 5.75 Å². The average Bonchev–Trinajstić information content (AvgIpc) is 2.74. The highest BCUT2D eigenvalue weighted by molar-refractivity contribution is 7.91. The van der Waals surface area contributed by atoms with Crippen LogP contribution in [0.1, 0.15) is 5.56 Å². The zero-order chi connectivity index (χ0) is 20.9. The lowest BCUT2D eigenvalue weighted by Crippen LogP contribution is -2.26. The second kappa shape index (κ2) is 8.73. The van der Waals surface area contributed by atoms with Crippen molar-refractivity contribution < 1.29 is 21.6 Å². The maximum atomic E-state index is 12.8. The molecule has 7 nitrogen and oxygen atoms in total. The summed E-state index contributed by atoms with van der Waals surface area (Å²) in [6.45, 7) is 0.132. The van der Waals surface area contributed by atoms with Crippen molar-refractivity contribution in [2.75, 3.05) is 13.7 Å². The lowest BCUT2D eigenvalue weighted by Gasteiger charge is -2.13. The maximum Gasteiger partial charge on any atom is 0.244 e. The van der Waals surface area contributed by atoms with Gasteiger partial charge < -0.3 is 4.74 Å². The van der Waals surface area contributed by atoms with Crippen molar-refractivity contribution >= 4 is 19.9 Å². The van der Waals surface area contributed by atoms with Crippen LogP contribution in [0.3, 0.4) is 0 Å². The van der Waals surface area contributed by atoms with Gasteiger partial charge in [0.1, 0.15) is 10.6 Å². The molecule has 3 rings (SSSR count). The largest absolute Gasteiger partial charge is 0.495 e. The van der Waals surface area contributed by atoms with Crippen molar-refractivity contribution in [3.05, 3.63) is 78.6 Å². The SMILES string of the molecule is COc1ccc(S(=O)(=O)c2ccccc2)cc1S(=O)(=O)NCCc1cccnc1. The van der Waals surface area contributed by atoms with Crippen LogP contribution in [-0.2, 0) is 26.3 Å². The number of aromatic nitrogens is 1. The molecule has 152 valence electrons. The number of ether oxygens (including phenoxy) is 1. The molecule has 0 aliphatic heterocycles. The van der Waals surface area contributed by atoms with Gasteiger partial charge in [-0.25, -0.2) is 21.6 Å². The van der Waals surface area contributed by atoms with E-state index in [1.807, 2.05) is 6.07 Å². The van der Waals surface area contributed by atoms with Gasteiger partial charge in [0.25, 0.3) is 0 Å². The monoisotopic (exact) mass is 432 g/mol. The van der Waals surface area contributed by atoms with E-state index in [0.29, 0.717) is 6.42 Å². The Balaban J connectivity index is 1.90. The fraction of sp³-hybridized carbons (Fsp3) is 0.150. The number of hydrogen-bond donors (Lipinski definition) is 1. The number of sulfonamides is 1. The van der Waals surface area contributed by atoms with Crippen molar-refractivity contribution in [2.24, 2.45) is 0 Å². The minimum atomic E-state index is -4.00. The number of sulfone groups is 1. The highest BCUT2D eigenvalue weighted by Gasteiger charge is 2.24. The van der Waals surface area contributed by atoms with Gasteiger partial charge in [0.15, 0.2) is 0 Å². The Morgan fingerprint density at radius 1 is 0.931 bits per heavy atom. The van der Waals surface area contributed by atoms with Gasteiger partial charge in [-0.3, -0.25) is 4.98 Å². The van der Waals surface area contributed by atoms with Gasteiger partial charge in [-0.1, -0.05) is 24.3 Å². The molecule has 9 heteroatoms. The Morgan fingerprint density at radius 2 is 1.69 bits per heavy atom. The molecule has 1 aromatic heterocycles. The van der Waals surface area contributed by atoms with Gasteiger partial charge in [0, 0.05) is 18.9 Å². The highest BCUT2D eigenvalue weighted by atomic mass is 32.2. The van der Waals surface area contributed by atoms with E-state index in [4.69, 9.17) is 4.74 Å². The van der Waals surface area contributed by atoms with Crippen LogP contribution < -0.4 is 9.46 Å². The molecule has 0 fully saturated rings. The second-order valence-corrected chi connectivity index (χ2v) is 9.82. The molecule has 0 saturated heterocycles. The van der Waals surface area contributed by atoms with Crippen LogP contribution in [-0.4, -0.2) is 35.5 Å². The van der Waals surface area contributed by atoms with Crippen molar-refractivity contribution in [3.8, 4) is 5.75 Å². The number of nitrogens with zero attached hydrogens (tertiary/aromatic N) is 1. The molecule has 0 bridgehead atoms. The van der Waals surface area contributed by atoms with Gasteiger partial charge >= 0.3 is 0 Å². The average molecular weight is 433 g/mol. The van der Waals surface area contributed by atoms with Gasteiger partial charge in [-0.05, 0) is 48.4 Å². The Hall–Kier alpha value is -2.75. The van der Waals surface area contributed by atoms with E-state index in [2.05, 4.69) is 9.71 Å². The predicted octanol–water partition coefficient (Wildman–Crippen LogP) is 2.44. The summed E-state index contributed by atoms with van der Waals surface area (Å²) in [5, 5.41) is 0. The minimum absolute atomic E-state index is 0.0610. The first-order valence-corrected chi connectivity index (χ1v) is 11.7. The quantitative estimate of drug-likeness (QED) is 0.587. The third-order valence-corrected chi connectivity index (χ3v) is 7.47. The van der Waals surface area contributed by atoms with Crippen LogP contribution in [0.15, 0.2) is 87.7 Å². The number of methoxy groups -OCH3 is 1. The topological polar surface area (TPSA) is 102 Å². The van der Waals surface area contributed by atoms with Gasteiger partial charge in [0.05, 0.1) is 16.9 Å². The molecule has 0 atom stereocenters. The lowest BCUT2D eigenvalue weighted by atomic mass is 10.2. The Labute approximate surface area is 170 Å². The van der Waals surface area contributed by atoms with E-state index >= 15 is 0 Å². The zero-order valence-corrected chi connectivity index (χ0v) is 17.3. The number of nitrogens with one attached hydrogen (secondary N) is 1. The lowest BCUT2D eigenvalue weighted by molar-refractivity contribution is 0.401. The van der Waals surface area contributed by atoms with E-state index in [1.165, 1.54) is 31.4 Å². The van der Waals surface area contributed by atoms with E-state index in [9.17, 15) is 16.8 Å². The number of benzene rings is 2. The van der Waals surface area contributed by atoms with Crippen molar-refractivity contribution in [2.45, 2.75) is 21.1 Å². The summed E-state index contributed by atoms with van der Waals surface area (Å²) >= 11 is 0. The molecule has 1 N–H and O–H groups in total. The van der Waals surface area contributed by atoms with Crippen LogP contribution in [0.4, 0.5) is 0 Å². The first-order chi connectivity index (χ1) is 13.8. The summed E-state index contributed by atoms with van der Waals surface area (Å²) in [5.74, 6) is 0.0610. The minimum Gasteiger partial charge on any atom is -0.495 e. The molecular formula is C20H20N2O5S2. The molecule has 0 aliphatic rings. The van der Waals surface area contributed by atoms with Crippen LogP contribution >= 0.6 is 0 Å². The molecule has 0 aliphatic carbocycles. The predicted molar refractivity (Wildman–Crippen MR) is 108 cm³/mol. The molecule has 0 amide bonds. The third-order valence-electron chi connectivity index (χ3n) is 4.22. The third kappa shape index (κ3) is 4.81. The fourth-order valence-electron chi connectivity index (χ4n) is 2.72. The Morgan fingerprint density at radius 3 is 2.34 bits per heavy atom. The molecule has 0 saturated carbocycles. The van der Waals surface area contributed by atoms with Crippen LogP contribution in [0, 0.1) is 0 Å². The number of hydrogen-bond acceptors (Lipinski definition) is 6. The first-order valence-electron chi connectivity index (χ1n) is 8.71. The summed E-state index contributed by atoms with van der Waals surface area (Å²) in [6, 6.07) is 15.2. The molecule has 29 heavy (non-hydrogen) atoms. The Bertz CT molecular complexity index is 1180. The summed E-state index contributed by atoms with van der Waals surface area (Å²) in [7, 11) is -6.54. The van der Waals surface area contributed by atoms with Crippen molar-refractivity contribution in [3.63, 3.8) is 0 Å². The smallest absolute Gasteiger partial charge is 0.244 e.